The monoisotopic (exact) mass is 198 g/mol. The maximum Gasteiger partial charge on any atom is 0.248 e. The van der Waals surface area contributed by atoms with E-state index in [1.807, 2.05) is 4.90 Å². The molecule has 4 nitrogen and oxygen atoms in total. The van der Waals surface area contributed by atoms with Gasteiger partial charge in [-0.05, 0) is 31.3 Å². The van der Waals surface area contributed by atoms with Gasteiger partial charge in [0.05, 0.1) is 0 Å². The van der Waals surface area contributed by atoms with E-state index in [4.69, 9.17) is 4.74 Å². The van der Waals surface area contributed by atoms with Crippen molar-refractivity contribution < 1.29 is 9.53 Å². The number of piperidine rings is 1. The van der Waals surface area contributed by atoms with E-state index in [1.165, 1.54) is 0 Å². The van der Waals surface area contributed by atoms with E-state index in [-0.39, 0.29) is 12.5 Å². The van der Waals surface area contributed by atoms with Crippen molar-refractivity contribution in [3.63, 3.8) is 0 Å². The molecular weight excluding hydrogens is 180 g/mol. The highest BCUT2D eigenvalue weighted by molar-refractivity contribution is 5.77. The fourth-order valence-electron chi connectivity index (χ4n) is 2.48. The molecule has 0 aliphatic carbocycles. The smallest absolute Gasteiger partial charge is 0.248 e. The number of amides is 1. The van der Waals surface area contributed by atoms with Crippen LogP contribution in [0.1, 0.15) is 6.42 Å². The van der Waals surface area contributed by atoms with Gasteiger partial charge in [0.15, 0.2) is 0 Å². The third-order valence-corrected chi connectivity index (χ3v) is 3.32. The fourth-order valence-corrected chi connectivity index (χ4v) is 2.48. The molecule has 1 amide bonds. The average molecular weight is 198 g/mol. The van der Waals surface area contributed by atoms with Gasteiger partial charge in [-0.2, -0.15) is 0 Å². The van der Waals surface area contributed by atoms with Crippen molar-refractivity contribution in [1.29, 1.82) is 0 Å². The lowest BCUT2D eigenvalue weighted by molar-refractivity contribution is -0.137. The van der Waals surface area contributed by atoms with Gasteiger partial charge in [0.25, 0.3) is 0 Å². The summed E-state index contributed by atoms with van der Waals surface area (Å²) in [4.78, 5) is 13.5. The van der Waals surface area contributed by atoms with Gasteiger partial charge in [0.1, 0.15) is 6.61 Å². The summed E-state index contributed by atoms with van der Waals surface area (Å²) in [7, 11) is 1.57. The number of carbonyl (C=O) groups excluding carboxylic acids is 1. The van der Waals surface area contributed by atoms with Gasteiger partial charge in [-0.15, -0.1) is 0 Å². The number of hydrogen-bond acceptors (Lipinski definition) is 3. The summed E-state index contributed by atoms with van der Waals surface area (Å²) >= 11 is 0. The number of carbonyl (C=O) groups is 1. The lowest BCUT2D eigenvalue weighted by Gasteiger charge is -2.34. The average Bonchev–Trinajstić information content (AvgIpc) is 2.64. The van der Waals surface area contributed by atoms with Crippen LogP contribution in [-0.4, -0.2) is 50.7 Å². The number of fused-ring (bicyclic) bond motifs is 1. The maximum atomic E-state index is 11.6. The molecule has 0 aromatic carbocycles. The van der Waals surface area contributed by atoms with E-state index in [0.717, 1.165) is 38.5 Å². The zero-order valence-electron chi connectivity index (χ0n) is 8.66. The van der Waals surface area contributed by atoms with Gasteiger partial charge < -0.3 is 15.0 Å². The molecule has 0 radical (unpaired) electrons. The van der Waals surface area contributed by atoms with Gasteiger partial charge in [0.2, 0.25) is 5.91 Å². The SMILES string of the molecule is COCC(=O)N1CCC2CNCC2C1. The van der Waals surface area contributed by atoms with E-state index in [1.54, 1.807) is 7.11 Å². The van der Waals surface area contributed by atoms with Crippen LogP contribution in [0.5, 0.6) is 0 Å². The van der Waals surface area contributed by atoms with Crippen LogP contribution in [-0.2, 0) is 9.53 Å². The number of nitrogens with one attached hydrogen (secondary N) is 1. The van der Waals surface area contributed by atoms with Crippen molar-refractivity contribution in [2.24, 2.45) is 11.8 Å². The van der Waals surface area contributed by atoms with Crippen molar-refractivity contribution in [1.82, 2.24) is 10.2 Å². The minimum atomic E-state index is 0.137. The summed E-state index contributed by atoms with van der Waals surface area (Å²) in [6.45, 7) is 4.26. The molecule has 2 rings (SSSR count). The largest absolute Gasteiger partial charge is 0.375 e. The quantitative estimate of drug-likeness (QED) is 0.662. The molecule has 0 aromatic rings. The zero-order valence-corrected chi connectivity index (χ0v) is 8.66. The first-order valence-electron chi connectivity index (χ1n) is 5.28. The third kappa shape index (κ3) is 1.91. The number of rotatable bonds is 2. The lowest BCUT2D eigenvalue weighted by Crippen LogP contribution is -2.44. The molecule has 0 spiro atoms. The van der Waals surface area contributed by atoms with Gasteiger partial charge in [-0.1, -0.05) is 0 Å². The molecule has 2 atom stereocenters. The Labute approximate surface area is 84.6 Å². The van der Waals surface area contributed by atoms with Crippen molar-refractivity contribution in [3.8, 4) is 0 Å². The molecule has 0 saturated carbocycles. The predicted molar refractivity (Wildman–Crippen MR) is 52.9 cm³/mol. The summed E-state index contributed by atoms with van der Waals surface area (Å²) < 4.78 is 4.86. The van der Waals surface area contributed by atoms with Crippen LogP contribution in [0.25, 0.3) is 0 Å². The number of methoxy groups -OCH3 is 1. The molecule has 2 heterocycles. The number of likely N-dealkylation sites (tertiary alicyclic amines) is 1. The van der Waals surface area contributed by atoms with Crippen LogP contribution in [0.2, 0.25) is 0 Å². The number of nitrogens with zero attached hydrogens (tertiary/aromatic N) is 1. The molecule has 14 heavy (non-hydrogen) atoms. The van der Waals surface area contributed by atoms with Crippen molar-refractivity contribution in [2.75, 3.05) is 39.9 Å². The van der Waals surface area contributed by atoms with E-state index < -0.39 is 0 Å². The standard InChI is InChI=1S/C10H18N2O2/c1-14-7-10(13)12-3-2-8-4-11-5-9(8)6-12/h8-9,11H,2-7H2,1H3. The Kier molecular flexibility index (Phi) is 3.03. The summed E-state index contributed by atoms with van der Waals surface area (Å²) in [5.41, 5.74) is 0. The van der Waals surface area contributed by atoms with Crippen LogP contribution in [0.4, 0.5) is 0 Å². The molecule has 0 aromatic heterocycles. The molecule has 2 saturated heterocycles. The van der Waals surface area contributed by atoms with E-state index in [0.29, 0.717) is 5.92 Å². The van der Waals surface area contributed by atoms with Crippen LogP contribution in [0.15, 0.2) is 0 Å². The van der Waals surface area contributed by atoms with E-state index >= 15 is 0 Å². The Morgan fingerprint density at radius 2 is 2.29 bits per heavy atom. The fraction of sp³-hybridized carbons (Fsp3) is 0.900. The second-order valence-electron chi connectivity index (χ2n) is 4.24. The van der Waals surface area contributed by atoms with Gasteiger partial charge in [-0.3, -0.25) is 4.79 Å². The highest BCUT2D eigenvalue weighted by atomic mass is 16.5. The van der Waals surface area contributed by atoms with Crippen LogP contribution >= 0.6 is 0 Å². The molecule has 80 valence electrons. The van der Waals surface area contributed by atoms with Gasteiger partial charge >= 0.3 is 0 Å². The molecule has 1 N–H and O–H groups in total. The summed E-state index contributed by atoms with van der Waals surface area (Å²) in [5.74, 6) is 1.60. The van der Waals surface area contributed by atoms with Crippen molar-refractivity contribution in [2.45, 2.75) is 6.42 Å². The predicted octanol–water partition coefficient (Wildman–Crippen LogP) is -0.299. The van der Waals surface area contributed by atoms with E-state index in [2.05, 4.69) is 5.32 Å². The van der Waals surface area contributed by atoms with Gasteiger partial charge in [0, 0.05) is 20.2 Å². The molecule has 0 bridgehead atoms. The topological polar surface area (TPSA) is 41.6 Å². The van der Waals surface area contributed by atoms with Crippen molar-refractivity contribution >= 4 is 5.91 Å². The molecule has 2 aliphatic rings. The Morgan fingerprint density at radius 3 is 3.07 bits per heavy atom. The highest BCUT2D eigenvalue weighted by Crippen LogP contribution is 2.26. The molecule has 2 unspecified atom stereocenters. The first-order valence-corrected chi connectivity index (χ1v) is 5.28. The lowest BCUT2D eigenvalue weighted by atomic mass is 9.89. The molecule has 2 fully saturated rings. The van der Waals surface area contributed by atoms with E-state index in [9.17, 15) is 4.79 Å². The Balaban J connectivity index is 1.87. The molecule has 2 aliphatic heterocycles. The highest BCUT2D eigenvalue weighted by Gasteiger charge is 2.34. The summed E-state index contributed by atoms with van der Waals surface area (Å²) in [6, 6.07) is 0. The Morgan fingerprint density at radius 1 is 1.50 bits per heavy atom. The van der Waals surface area contributed by atoms with Crippen LogP contribution in [0, 0.1) is 11.8 Å². The zero-order chi connectivity index (χ0) is 9.97. The second kappa shape index (κ2) is 4.28. The second-order valence-corrected chi connectivity index (χ2v) is 4.24. The van der Waals surface area contributed by atoms with Crippen LogP contribution < -0.4 is 5.32 Å². The van der Waals surface area contributed by atoms with Crippen molar-refractivity contribution in [3.05, 3.63) is 0 Å². The summed E-state index contributed by atoms with van der Waals surface area (Å²) in [6.07, 6.45) is 1.15. The third-order valence-electron chi connectivity index (χ3n) is 3.32. The first-order chi connectivity index (χ1) is 6.81. The minimum absolute atomic E-state index is 0.137. The molecular formula is C10H18N2O2. The normalized spacial score (nSPS) is 31.6. The molecule has 4 heteroatoms. The van der Waals surface area contributed by atoms with Crippen LogP contribution in [0.3, 0.4) is 0 Å². The summed E-state index contributed by atoms with van der Waals surface area (Å²) in [5, 5.41) is 3.39. The van der Waals surface area contributed by atoms with Gasteiger partial charge in [-0.25, -0.2) is 0 Å². The number of ether oxygens (including phenoxy) is 1. The Bertz CT molecular complexity index is 220. The minimum Gasteiger partial charge on any atom is -0.375 e. The number of hydrogen-bond donors (Lipinski definition) is 1. The Hall–Kier alpha value is -0.610. The maximum absolute atomic E-state index is 11.6. The first kappa shape index (κ1) is 9.93.